The molecule has 0 spiro atoms. The monoisotopic (exact) mass is 282 g/mol. The van der Waals surface area contributed by atoms with Crippen LogP contribution in [-0.2, 0) is 32.7 Å². The summed E-state index contributed by atoms with van der Waals surface area (Å²) >= 11 is 0. The van der Waals surface area contributed by atoms with Gasteiger partial charge in [0, 0.05) is 14.2 Å². The molecule has 0 saturated carbocycles. The molecule has 0 aliphatic heterocycles. The van der Waals surface area contributed by atoms with E-state index in [4.69, 9.17) is 18.5 Å². The average molecular weight is 282 g/mol. The first-order chi connectivity index (χ1) is 8.45. The lowest BCUT2D eigenvalue weighted by Crippen LogP contribution is -2.28. The van der Waals surface area contributed by atoms with Gasteiger partial charge >= 0.3 is 19.5 Å². The molecule has 0 saturated heterocycles. The van der Waals surface area contributed by atoms with E-state index >= 15 is 0 Å². The van der Waals surface area contributed by atoms with Gasteiger partial charge in [0.15, 0.2) is 5.66 Å². The Kier molecular flexibility index (Phi) is 7.82. The molecule has 8 heteroatoms. The van der Waals surface area contributed by atoms with Crippen LogP contribution in [0.25, 0.3) is 0 Å². The zero-order chi connectivity index (χ0) is 14.2. The maximum absolute atomic E-state index is 12.2. The summed E-state index contributed by atoms with van der Waals surface area (Å²) in [6, 6.07) is 0. The van der Waals surface area contributed by atoms with E-state index < -0.39 is 31.6 Å². The first-order valence-corrected chi connectivity index (χ1v) is 7.09. The lowest BCUT2D eigenvalue weighted by atomic mass is 10.3. The van der Waals surface area contributed by atoms with E-state index in [9.17, 15) is 14.2 Å². The third-order valence-corrected chi connectivity index (χ3v) is 4.29. The number of carbonyl (C=O) groups is 2. The Morgan fingerprint density at radius 3 is 1.94 bits per heavy atom. The molecule has 0 bridgehead atoms. The van der Waals surface area contributed by atoms with Gasteiger partial charge < -0.3 is 18.5 Å². The third-order valence-electron chi connectivity index (χ3n) is 2.11. The molecule has 0 rings (SSSR count). The quantitative estimate of drug-likeness (QED) is 0.490. The van der Waals surface area contributed by atoms with Gasteiger partial charge in [-0.25, -0.2) is 0 Å². The van der Waals surface area contributed by atoms with Gasteiger partial charge in [0.25, 0.3) is 0 Å². The average Bonchev–Trinajstić information content (AvgIpc) is 2.35. The van der Waals surface area contributed by atoms with Crippen LogP contribution in [0.1, 0.15) is 20.3 Å². The van der Waals surface area contributed by atoms with E-state index in [0.717, 1.165) is 14.2 Å². The maximum Gasteiger partial charge on any atom is 0.344 e. The molecule has 0 aliphatic carbocycles. The summed E-state index contributed by atoms with van der Waals surface area (Å²) < 4.78 is 31.1. The summed E-state index contributed by atoms with van der Waals surface area (Å²) in [5, 5.41) is 0. The molecule has 0 aromatic carbocycles. The second-order valence-corrected chi connectivity index (χ2v) is 5.62. The van der Waals surface area contributed by atoms with Crippen LogP contribution in [0.3, 0.4) is 0 Å². The summed E-state index contributed by atoms with van der Waals surface area (Å²) in [5.74, 6) is -1.47. The molecule has 0 radical (unpaired) electrons. The molecule has 0 amide bonds. The van der Waals surface area contributed by atoms with Crippen LogP contribution in [-0.4, -0.2) is 45.0 Å². The summed E-state index contributed by atoms with van der Waals surface area (Å²) in [7, 11) is -1.45. The van der Waals surface area contributed by atoms with Gasteiger partial charge in [0.2, 0.25) is 0 Å². The minimum Gasteiger partial charge on any atom is -0.466 e. The zero-order valence-corrected chi connectivity index (χ0v) is 11.9. The minimum absolute atomic E-state index is 0.103. The van der Waals surface area contributed by atoms with Crippen molar-refractivity contribution in [3.05, 3.63) is 0 Å². The number of rotatable bonds is 8. The van der Waals surface area contributed by atoms with Crippen molar-refractivity contribution in [1.29, 1.82) is 0 Å². The lowest BCUT2D eigenvalue weighted by Gasteiger charge is -2.21. The Balaban J connectivity index is 4.99. The lowest BCUT2D eigenvalue weighted by molar-refractivity contribution is -0.149. The van der Waals surface area contributed by atoms with Crippen molar-refractivity contribution in [2.45, 2.75) is 25.9 Å². The summed E-state index contributed by atoms with van der Waals surface area (Å²) in [5.41, 5.74) is -1.31. The fraction of sp³-hybridized carbons (Fsp3) is 0.800. The Morgan fingerprint density at radius 2 is 1.56 bits per heavy atom. The molecule has 0 N–H and O–H groups in total. The number of carbonyl (C=O) groups excluding carboxylic acids is 2. The number of esters is 2. The number of hydrogen-bond acceptors (Lipinski definition) is 7. The normalized spacial score (nSPS) is 12.9. The Morgan fingerprint density at radius 1 is 1.06 bits per heavy atom. The van der Waals surface area contributed by atoms with Gasteiger partial charge in [-0.05, 0) is 13.8 Å². The van der Waals surface area contributed by atoms with Gasteiger partial charge in [-0.15, -0.1) is 0 Å². The molecule has 0 aromatic heterocycles. The molecule has 1 unspecified atom stereocenters. The molecule has 1 atom stereocenters. The predicted octanol–water partition coefficient (Wildman–Crippen LogP) is 1.36. The fourth-order valence-corrected chi connectivity index (χ4v) is 2.63. The van der Waals surface area contributed by atoms with Crippen molar-refractivity contribution in [3.8, 4) is 0 Å². The first-order valence-electron chi connectivity index (χ1n) is 5.48. The van der Waals surface area contributed by atoms with Crippen molar-refractivity contribution < 1.29 is 32.7 Å². The maximum atomic E-state index is 12.2. The predicted molar refractivity (Wildman–Crippen MR) is 63.3 cm³/mol. The van der Waals surface area contributed by atoms with Crippen LogP contribution in [0, 0.1) is 0 Å². The van der Waals surface area contributed by atoms with Crippen LogP contribution in [0.2, 0.25) is 0 Å². The van der Waals surface area contributed by atoms with E-state index in [-0.39, 0.29) is 13.2 Å². The minimum atomic E-state index is -3.73. The Bertz CT molecular complexity index is 320. The second kappa shape index (κ2) is 8.24. The molecular weight excluding hydrogens is 263 g/mol. The van der Waals surface area contributed by atoms with E-state index in [2.05, 4.69) is 0 Å². The van der Waals surface area contributed by atoms with Crippen LogP contribution in [0.15, 0.2) is 0 Å². The highest BCUT2D eigenvalue weighted by atomic mass is 31.2. The highest BCUT2D eigenvalue weighted by Gasteiger charge is 2.42. The Labute approximate surface area is 106 Å². The summed E-state index contributed by atoms with van der Waals surface area (Å²) in [6.07, 6.45) is -0.411. The molecular formula is C10H19O7P. The molecule has 0 fully saturated rings. The first kappa shape index (κ1) is 17.1. The highest BCUT2D eigenvalue weighted by molar-refractivity contribution is 7.55. The standard InChI is InChI=1S/C10H19O7P/c1-5-16-9(11)7-8(10(12)17-6-2)18(13,14-3)15-4/h8H,5-7H2,1-4H3. The molecule has 7 nitrogen and oxygen atoms in total. The van der Waals surface area contributed by atoms with Crippen LogP contribution in [0.5, 0.6) is 0 Å². The molecule has 106 valence electrons. The highest BCUT2D eigenvalue weighted by Crippen LogP contribution is 2.53. The Hall–Kier alpha value is -0.910. The topological polar surface area (TPSA) is 88.1 Å². The van der Waals surface area contributed by atoms with Gasteiger partial charge in [-0.3, -0.25) is 14.2 Å². The third kappa shape index (κ3) is 4.76. The van der Waals surface area contributed by atoms with E-state index in [1.165, 1.54) is 0 Å². The summed E-state index contributed by atoms with van der Waals surface area (Å²) in [4.78, 5) is 23.1. The van der Waals surface area contributed by atoms with Crippen LogP contribution >= 0.6 is 7.60 Å². The van der Waals surface area contributed by atoms with Crippen molar-refractivity contribution in [3.63, 3.8) is 0 Å². The molecule has 0 aliphatic rings. The van der Waals surface area contributed by atoms with E-state index in [0.29, 0.717) is 0 Å². The van der Waals surface area contributed by atoms with Gasteiger partial charge in [0.1, 0.15) is 0 Å². The van der Waals surface area contributed by atoms with Gasteiger partial charge in [0.05, 0.1) is 19.6 Å². The van der Waals surface area contributed by atoms with E-state index in [1.54, 1.807) is 13.8 Å². The smallest absolute Gasteiger partial charge is 0.344 e. The fourth-order valence-electron chi connectivity index (χ4n) is 1.27. The van der Waals surface area contributed by atoms with Crippen LogP contribution < -0.4 is 0 Å². The summed E-state index contributed by atoms with van der Waals surface area (Å²) in [6.45, 7) is 3.50. The number of hydrogen-bond donors (Lipinski definition) is 0. The van der Waals surface area contributed by atoms with Crippen molar-refractivity contribution in [2.75, 3.05) is 27.4 Å². The second-order valence-electron chi connectivity index (χ2n) is 3.18. The number of ether oxygens (including phenoxy) is 2. The zero-order valence-electron chi connectivity index (χ0n) is 11.0. The SMILES string of the molecule is CCOC(=O)CC(C(=O)OCC)P(=O)(OC)OC. The van der Waals surface area contributed by atoms with Crippen molar-refractivity contribution >= 4 is 19.5 Å². The van der Waals surface area contributed by atoms with Crippen LogP contribution in [0.4, 0.5) is 0 Å². The van der Waals surface area contributed by atoms with Gasteiger partial charge in [-0.2, -0.15) is 0 Å². The van der Waals surface area contributed by atoms with Gasteiger partial charge in [-0.1, -0.05) is 0 Å². The largest absolute Gasteiger partial charge is 0.466 e. The van der Waals surface area contributed by atoms with Crippen molar-refractivity contribution in [1.82, 2.24) is 0 Å². The molecule has 0 heterocycles. The molecule has 18 heavy (non-hydrogen) atoms. The molecule has 0 aromatic rings. The van der Waals surface area contributed by atoms with Crippen molar-refractivity contribution in [2.24, 2.45) is 0 Å². The van der Waals surface area contributed by atoms with E-state index in [1.807, 2.05) is 0 Å².